The van der Waals surface area contributed by atoms with Crippen LogP contribution in [0.15, 0.2) is 29.2 Å². The number of anilines is 1. The lowest BCUT2D eigenvalue weighted by atomic mass is 10.2. The minimum absolute atomic E-state index is 0.292. The lowest BCUT2D eigenvalue weighted by Crippen LogP contribution is -2.04. The van der Waals surface area contributed by atoms with Gasteiger partial charge in [-0.15, -0.1) is 11.8 Å². The summed E-state index contributed by atoms with van der Waals surface area (Å²) in [5.41, 5.74) is 6.72. The van der Waals surface area contributed by atoms with Gasteiger partial charge in [0.1, 0.15) is 5.82 Å². The molecule has 1 heterocycles. The Balaban J connectivity index is 2.29. The first kappa shape index (κ1) is 13.8. The largest absolute Gasteiger partial charge is 0.368 e. The molecule has 0 radical (unpaired) electrons. The molecular formula is C14H18N4S. The van der Waals surface area contributed by atoms with Gasteiger partial charge in [-0.1, -0.05) is 26.0 Å². The fourth-order valence-electron chi connectivity index (χ4n) is 1.77. The maximum Gasteiger partial charge on any atom is 0.223 e. The zero-order chi connectivity index (χ0) is 13.7. The SMILES string of the molecule is CCCc1nc(N)nc(-c2ccc(SCC)cc2)n1. The molecule has 1 aromatic heterocycles. The van der Waals surface area contributed by atoms with Crippen molar-refractivity contribution in [3.05, 3.63) is 30.1 Å². The number of hydrogen-bond donors (Lipinski definition) is 1. The lowest BCUT2D eigenvalue weighted by molar-refractivity contribution is 0.825. The number of aryl methyl sites for hydroxylation is 1. The van der Waals surface area contributed by atoms with E-state index < -0.39 is 0 Å². The number of thioether (sulfide) groups is 1. The van der Waals surface area contributed by atoms with Crippen molar-refractivity contribution in [1.82, 2.24) is 15.0 Å². The summed E-state index contributed by atoms with van der Waals surface area (Å²) in [7, 11) is 0. The molecule has 0 saturated carbocycles. The Labute approximate surface area is 117 Å². The molecule has 1 aromatic carbocycles. The van der Waals surface area contributed by atoms with Crippen molar-refractivity contribution in [1.29, 1.82) is 0 Å². The second kappa shape index (κ2) is 6.52. The topological polar surface area (TPSA) is 64.7 Å². The zero-order valence-corrected chi connectivity index (χ0v) is 12.1. The van der Waals surface area contributed by atoms with Gasteiger partial charge in [-0.3, -0.25) is 0 Å². The van der Waals surface area contributed by atoms with Gasteiger partial charge in [-0.25, -0.2) is 4.98 Å². The van der Waals surface area contributed by atoms with Gasteiger partial charge in [0, 0.05) is 16.9 Å². The van der Waals surface area contributed by atoms with Crippen LogP contribution >= 0.6 is 11.8 Å². The van der Waals surface area contributed by atoms with Crippen molar-refractivity contribution < 1.29 is 0 Å². The monoisotopic (exact) mass is 274 g/mol. The minimum Gasteiger partial charge on any atom is -0.368 e. The maximum atomic E-state index is 5.74. The molecule has 2 aromatic rings. The second-order valence-corrected chi connectivity index (χ2v) is 5.48. The molecule has 0 unspecified atom stereocenters. The van der Waals surface area contributed by atoms with Crippen LogP contribution in [0.25, 0.3) is 11.4 Å². The van der Waals surface area contributed by atoms with Crippen molar-refractivity contribution in [3.8, 4) is 11.4 Å². The molecule has 0 spiro atoms. The molecule has 100 valence electrons. The highest BCUT2D eigenvalue weighted by atomic mass is 32.2. The number of benzene rings is 1. The summed E-state index contributed by atoms with van der Waals surface area (Å²) in [4.78, 5) is 14.1. The van der Waals surface area contributed by atoms with Crippen molar-refractivity contribution in [2.24, 2.45) is 0 Å². The van der Waals surface area contributed by atoms with Crippen molar-refractivity contribution in [3.63, 3.8) is 0 Å². The fraction of sp³-hybridized carbons (Fsp3) is 0.357. The van der Waals surface area contributed by atoms with E-state index in [1.165, 1.54) is 4.90 Å². The van der Waals surface area contributed by atoms with Crippen molar-refractivity contribution in [2.45, 2.75) is 31.6 Å². The van der Waals surface area contributed by atoms with Gasteiger partial charge in [0.15, 0.2) is 5.82 Å². The molecule has 0 atom stereocenters. The summed E-state index contributed by atoms with van der Waals surface area (Å²) < 4.78 is 0. The Morgan fingerprint density at radius 2 is 1.79 bits per heavy atom. The highest BCUT2D eigenvalue weighted by molar-refractivity contribution is 7.99. The van der Waals surface area contributed by atoms with Crippen LogP contribution in [0.5, 0.6) is 0 Å². The molecule has 0 aliphatic carbocycles. The average Bonchev–Trinajstić information content (AvgIpc) is 2.40. The average molecular weight is 274 g/mol. The van der Waals surface area contributed by atoms with Gasteiger partial charge >= 0.3 is 0 Å². The molecule has 5 heteroatoms. The molecule has 0 aliphatic rings. The number of nitrogens with two attached hydrogens (primary N) is 1. The van der Waals surface area contributed by atoms with E-state index in [1.54, 1.807) is 0 Å². The standard InChI is InChI=1S/C14H18N4S/c1-3-5-12-16-13(18-14(15)17-12)10-6-8-11(9-7-10)19-4-2/h6-9H,3-5H2,1-2H3,(H2,15,16,17,18). The third kappa shape index (κ3) is 3.67. The molecule has 0 fully saturated rings. The van der Waals surface area contributed by atoms with E-state index >= 15 is 0 Å². The van der Waals surface area contributed by atoms with E-state index in [2.05, 4.69) is 40.9 Å². The van der Waals surface area contributed by atoms with Crippen LogP contribution in [-0.2, 0) is 6.42 Å². The van der Waals surface area contributed by atoms with Crippen LogP contribution in [0.3, 0.4) is 0 Å². The summed E-state index contributed by atoms with van der Waals surface area (Å²) in [6.07, 6.45) is 1.82. The first-order valence-electron chi connectivity index (χ1n) is 6.46. The van der Waals surface area contributed by atoms with Crippen molar-refractivity contribution >= 4 is 17.7 Å². The third-order valence-electron chi connectivity index (χ3n) is 2.60. The Hall–Kier alpha value is -1.62. The third-order valence-corrected chi connectivity index (χ3v) is 3.49. The zero-order valence-electron chi connectivity index (χ0n) is 11.3. The van der Waals surface area contributed by atoms with Gasteiger partial charge in [0.2, 0.25) is 5.95 Å². The van der Waals surface area contributed by atoms with Gasteiger partial charge < -0.3 is 5.73 Å². The normalized spacial score (nSPS) is 10.6. The smallest absolute Gasteiger partial charge is 0.223 e. The number of nitrogen functional groups attached to an aromatic ring is 1. The fourth-order valence-corrected chi connectivity index (χ4v) is 2.43. The lowest BCUT2D eigenvalue weighted by Gasteiger charge is -2.05. The Morgan fingerprint density at radius 1 is 1.05 bits per heavy atom. The molecule has 4 nitrogen and oxygen atoms in total. The predicted octanol–water partition coefficient (Wildman–Crippen LogP) is 3.19. The van der Waals surface area contributed by atoms with Gasteiger partial charge in [0.25, 0.3) is 0 Å². The Morgan fingerprint density at radius 3 is 2.42 bits per heavy atom. The molecule has 2 N–H and O–H groups in total. The van der Waals surface area contributed by atoms with Gasteiger partial charge in [-0.2, -0.15) is 9.97 Å². The van der Waals surface area contributed by atoms with Gasteiger partial charge in [0.05, 0.1) is 0 Å². The van der Waals surface area contributed by atoms with Crippen LogP contribution in [0.2, 0.25) is 0 Å². The van der Waals surface area contributed by atoms with E-state index in [1.807, 2.05) is 23.9 Å². The van der Waals surface area contributed by atoms with E-state index in [4.69, 9.17) is 5.73 Å². The number of hydrogen-bond acceptors (Lipinski definition) is 5. The van der Waals surface area contributed by atoms with E-state index in [0.29, 0.717) is 11.8 Å². The Bertz CT molecular complexity index is 540. The quantitative estimate of drug-likeness (QED) is 0.848. The first-order chi connectivity index (χ1) is 9.22. The van der Waals surface area contributed by atoms with Crippen LogP contribution < -0.4 is 5.73 Å². The molecule has 0 saturated heterocycles. The highest BCUT2D eigenvalue weighted by Crippen LogP contribution is 2.22. The minimum atomic E-state index is 0.292. The summed E-state index contributed by atoms with van der Waals surface area (Å²) in [6.45, 7) is 4.23. The van der Waals surface area contributed by atoms with Crippen LogP contribution in [0, 0.1) is 0 Å². The summed E-state index contributed by atoms with van der Waals surface area (Å²) in [5.74, 6) is 2.78. The summed E-state index contributed by atoms with van der Waals surface area (Å²) >= 11 is 1.82. The van der Waals surface area contributed by atoms with E-state index in [9.17, 15) is 0 Å². The van der Waals surface area contributed by atoms with E-state index in [-0.39, 0.29) is 0 Å². The number of aromatic nitrogens is 3. The number of nitrogens with zero attached hydrogens (tertiary/aromatic N) is 3. The van der Waals surface area contributed by atoms with E-state index in [0.717, 1.165) is 30.0 Å². The maximum absolute atomic E-state index is 5.74. The summed E-state index contributed by atoms with van der Waals surface area (Å²) in [5, 5.41) is 0. The van der Waals surface area contributed by atoms with Crippen LogP contribution in [-0.4, -0.2) is 20.7 Å². The predicted molar refractivity (Wildman–Crippen MR) is 80.1 cm³/mol. The van der Waals surface area contributed by atoms with Crippen molar-refractivity contribution in [2.75, 3.05) is 11.5 Å². The van der Waals surface area contributed by atoms with Crippen LogP contribution in [0.1, 0.15) is 26.1 Å². The summed E-state index contributed by atoms with van der Waals surface area (Å²) in [6, 6.07) is 8.23. The molecule has 0 aliphatic heterocycles. The molecule has 0 bridgehead atoms. The molecule has 2 rings (SSSR count). The molecular weight excluding hydrogens is 256 g/mol. The molecule has 19 heavy (non-hydrogen) atoms. The first-order valence-corrected chi connectivity index (χ1v) is 7.45. The highest BCUT2D eigenvalue weighted by Gasteiger charge is 2.06. The number of rotatable bonds is 5. The molecule has 0 amide bonds. The Kier molecular flexibility index (Phi) is 4.74. The van der Waals surface area contributed by atoms with Gasteiger partial charge in [-0.05, 0) is 24.3 Å². The van der Waals surface area contributed by atoms with Crippen LogP contribution in [0.4, 0.5) is 5.95 Å². The second-order valence-electron chi connectivity index (χ2n) is 4.14.